The van der Waals surface area contributed by atoms with E-state index in [0.717, 1.165) is 16.1 Å². The number of halogens is 1. The molecule has 3 rings (SSSR count). The number of hydrogen-bond donors (Lipinski definition) is 1. The lowest BCUT2D eigenvalue weighted by atomic mass is 10.1. The van der Waals surface area contributed by atoms with Crippen LogP contribution in [-0.4, -0.2) is 29.9 Å². The first-order chi connectivity index (χ1) is 12.6. The molecule has 0 aliphatic rings. The van der Waals surface area contributed by atoms with Gasteiger partial charge in [0.1, 0.15) is 17.0 Å². The number of nitrogens with zero attached hydrogens (tertiary/aromatic N) is 1. The van der Waals surface area contributed by atoms with Gasteiger partial charge in [-0.05, 0) is 30.7 Å². The van der Waals surface area contributed by atoms with Crippen LogP contribution in [0.2, 0.25) is 5.02 Å². The molecule has 134 valence electrons. The van der Waals surface area contributed by atoms with Crippen LogP contribution in [0.3, 0.4) is 0 Å². The van der Waals surface area contributed by atoms with Crippen molar-refractivity contribution in [2.45, 2.75) is 13.3 Å². The summed E-state index contributed by atoms with van der Waals surface area (Å²) in [4.78, 5) is 12.0. The average molecular weight is 371 g/mol. The van der Waals surface area contributed by atoms with Crippen molar-refractivity contribution in [1.82, 2.24) is 10.2 Å². The zero-order valence-corrected chi connectivity index (χ0v) is 15.3. The first kappa shape index (κ1) is 18.0. The maximum Gasteiger partial charge on any atom is 0.341 e. The molecule has 0 saturated carbocycles. The molecule has 0 amide bonds. The molecule has 0 aliphatic carbocycles. The Morgan fingerprint density at radius 3 is 2.77 bits per heavy atom. The lowest BCUT2D eigenvalue weighted by Gasteiger charge is -2.09. The molecule has 0 saturated heterocycles. The summed E-state index contributed by atoms with van der Waals surface area (Å²) >= 11 is 6.16. The fourth-order valence-electron chi connectivity index (χ4n) is 2.70. The van der Waals surface area contributed by atoms with Crippen molar-refractivity contribution < 1.29 is 14.3 Å². The lowest BCUT2D eigenvalue weighted by molar-refractivity contribution is 0.0601. The first-order valence-electron chi connectivity index (χ1n) is 8.20. The highest BCUT2D eigenvalue weighted by molar-refractivity contribution is 6.31. The van der Waals surface area contributed by atoms with Crippen molar-refractivity contribution in [2.75, 3.05) is 13.7 Å². The van der Waals surface area contributed by atoms with Gasteiger partial charge in [-0.1, -0.05) is 41.9 Å². The normalized spacial score (nSPS) is 10.6. The number of benzene rings is 2. The average Bonchev–Trinajstić information content (AvgIpc) is 3.04. The Balaban J connectivity index is 1.75. The SMILES string of the molecule is COC(=O)c1c(-c2cccc(OCCc3ccccc3Cl)c2)n[nH]c1C. The Kier molecular flexibility index (Phi) is 5.58. The Hall–Kier alpha value is -2.79. The molecule has 26 heavy (non-hydrogen) atoms. The van der Waals surface area contributed by atoms with E-state index in [1.54, 1.807) is 6.92 Å². The molecule has 0 aliphatic heterocycles. The van der Waals surface area contributed by atoms with Gasteiger partial charge in [0, 0.05) is 22.7 Å². The lowest BCUT2D eigenvalue weighted by Crippen LogP contribution is -2.04. The van der Waals surface area contributed by atoms with Crippen LogP contribution in [0.15, 0.2) is 48.5 Å². The number of aryl methyl sites for hydroxylation is 1. The fraction of sp³-hybridized carbons (Fsp3) is 0.200. The molecule has 5 nitrogen and oxygen atoms in total. The van der Waals surface area contributed by atoms with Crippen molar-refractivity contribution in [3.63, 3.8) is 0 Å². The van der Waals surface area contributed by atoms with Crippen LogP contribution in [0, 0.1) is 6.92 Å². The topological polar surface area (TPSA) is 64.2 Å². The van der Waals surface area contributed by atoms with Gasteiger partial charge < -0.3 is 9.47 Å². The van der Waals surface area contributed by atoms with Gasteiger partial charge in [0.05, 0.1) is 13.7 Å². The van der Waals surface area contributed by atoms with Crippen LogP contribution in [0.25, 0.3) is 11.3 Å². The van der Waals surface area contributed by atoms with Crippen LogP contribution in [-0.2, 0) is 11.2 Å². The molecule has 0 fully saturated rings. The second-order valence-electron chi connectivity index (χ2n) is 5.78. The zero-order valence-electron chi connectivity index (χ0n) is 14.6. The van der Waals surface area contributed by atoms with Gasteiger partial charge in [-0.2, -0.15) is 5.10 Å². The molecule has 0 bridgehead atoms. The minimum Gasteiger partial charge on any atom is -0.493 e. The molecule has 0 atom stereocenters. The van der Waals surface area contributed by atoms with Gasteiger partial charge in [0.15, 0.2) is 0 Å². The monoisotopic (exact) mass is 370 g/mol. The summed E-state index contributed by atoms with van der Waals surface area (Å²) < 4.78 is 10.7. The Bertz CT molecular complexity index is 921. The van der Waals surface area contributed by atoms with Gasteiger partial charge in [0.2, 0.25) is 0 Å². The molecule has 0 radical (unpaired) electrons. The summed E-state index contributed by atoms with van der Waals surface area (Å²) in [6.07, 6.45) is 0.707. The molecule has 6 heteroatoms. The summed E-state index contributed by atoms with van der Waals surface area (Å²) in [7, 11) is 1.35. The van der Waals surface area contributed by atoms with Crippen LogP contribution in [0.5, 0.6) is 5.75 Å². The number of esters is 1. The van der Waals surface area contributed by atoms with Crippen molar-refractivity contribution in [1.29, 1.82) is 0 Å². The number of rotatable bonds is 6. The quantitative estimate of drug-likeness (QED) is 0.651. The highest BCUT2D eigenvalue weighted by Gasteiger charge is 2.20. The van der Waals surface area contributed by atoms with E-state index >= 15 is 0 Å². The third-order valence-corrected chi connectivity index (χ3v) is 4.41. The van der Waals surface area contributed by atoms with Crippen LogP contribution < -0.4 is 4.74 Å². The first-order valence-corrected chi connectivity index (χ1v) is 8.58. The van der Waals surface area contributed by atoms with Gasteiger partial charge in [-0.3, -0.25) is 5.10 Å². The second-order valence-corrected chi connectivity index (χ2v) is 6.19. The third kappa shape index (κ3) is 3.89. The van der Waals surface area contributed by atoms with E-state index in [4.69, 9.17) is 21.1 Å². The van der Waals surface area contributed by atoms with E-state index in [1.165, 1.54) is 7.11 Å². The van der Waals surface area contributed by atoms with E-state index in [9.17, 15) is 4.79 Å². The molecule has 1 aromatic heterocycles. The molecular weight excluding hydrogens is 352 g/mol. The second kappa shape index (κ2) is 8.06. The van der Waals surface area contributed by atoms with E-state index < -0.39 is 5.97 Å². The molecule has 3 aromatic rings. The predicted molar refractivity (Wildman–Crippen MR) is 101 cm³/mol. The fourth-order valence-corrected chi connectivity index (χ4v) is 2.93. The summed E-state index contributed by atoms with van der Waals surface area (Å²) in [6.45, 7) is 2.28. The number of aromatic nitrogens is 2. The van der Waals surface area contributed by atoms with Crippen molar-refractivity contribution >= 4 is 17.6 Å². The minimum absolute atomic E-state index is 0.420. The van der Waals surface area contributed by atoms with Gasteiger partial charge in [-0.25, -0.2) is 4.79 Å². The summed E-state index contributed by atoms with van der Waals surface area (Å²) in [5, 5.41) is 7.81. The maximum absolute atomic E-state index is 12.0. The highest BCUT2D eigenvalue weighted by atomic mass is 35.5. The van der Waals surface area contributed by atoms with Crippen molar-refractivity contribution in [2.24, 2.45) is 0 Å². The van der Waals surface area contributed by atoms with E-state index in [-0.39, 0.29) is 0 Å². The molecule has 0 unspecified atom stereocenters. The Morgan fingerprint density at radius 2 is 2.00 bits per heavy atom. The van der Waals surface area contributed by atoms with E-state index in [1.807, 2.05) is 48.5 Å². The number of nitrogens with one attached hydrogen (secondary N) is 1. The number of ether oxygens (including phenoxy) is 2. The predicted octanol–water partition coefficient (Wildman–Crippen LogP) is 4.45. The number of methoxy groups -OCH3 is 1. The number of hydrogen-bond acceptors (Lipinski definition) is 4. The molecular formula is C20H19ClN2O3. The summed E-state index contributed by atoms with van der Waals surface area (Å²) in [5.41, 5.74) is 3.47. The van der Waals surface area contributed by atoms with E-state index in [0.29, 0.717) is 35.7 Å². The number of carbonyl (C=O) groups excluding carboxylic acids is 1. The smallest absolute Gasteiger partial charge is 0.341 e. The van der Waals surface area contributed by atoms with Gasteiger partial charge in [0.25, 0.3) is 0 Å². The summed E-state index contributed by atoms with van der Waals surface area (Å²) in [5.74, 6) is 0.280. The van der Waals surface area contributed by atoms with Gasteiger partial charge >= 0.3 is 5.97 Å². The number of carbonyl (C=O) groups is 1. The minimum atomic E-state index is -0.420. The number of aromatic amines is 1. The van der Waals surface area contributed by atoms with Crippen molar-refractivity contribution in [3.05, 3.63) is 70.4 Å². The maximum atomic E-state index is 12.0. The highest BCUT2D eigenvalue weighted by Crippen LogP contribution is 2.27. The largest absolute Gasteiger partial charge is 0.493 e. The van der Waals surface area contributed by atoms with Crippen LogP contribution >= 0.6 is 11.6 Å². The third-order valence-electron chi connectivity index (χ3n) is 4.04. The molecule has 2 aromatic carbocycles. The standard InChI is InChI=1S/C20H19ClN2O3/c1-13-18(20(24)25-2)19(23-22-13)15-7-5-8-16(12-15)26-11-10-14-6-3-4-9-17(14)21/h3-9,12H,10-11H2,1-2H3,(H,22,23). The Morgan fingerprint density at radius 1 is 1.19 bits per heavy atom. The van der Waals surface area contributed by atoms with E-state index in [2.05, 4.69) is 10.2 Å². The molecule has 0 spiro atoms. The zero-order chi connectivity index (χ0) is 18.5. The van der Waals surface area contributed by atoms with Crippen LogP contribution in [0.1, 0.15) is 21.6 Å². The molecule has 1 N–H and O–H groups in total. The van der Waals surface area contributed by atoms with Gasteiger partial charge in [-0.15, -0.1) is 0 Å². The van der Waals surface area contributed by atoms with Crippen LogP contribution in [0.4, 0.5) is 0 Å². The Labute approximate surface area is 156 Å². The summed E-state index contributed by atoms with van der Waals surface area (Å²) in [6, 6.07) is 15.2. The van der Waals surface area contributed by atoms with Crippen molar-refractivity contribution in [3.8, 4) is 17.0 Å². The molecule has 1 heterocycles. The number of H-pyrrole nitrogens is 1.